The lowest BCUT2D eigenvalue weighted by atomic mass is 10.0. The Morgan fingerprint density at radius 2 is 1.29 bits per heavy atom. The Bertz CT molecular complexity index is 872. The van der Waals surface area contributed by atoms with E-state index in [1.807, 2.05) is 12.1 Å². The topological polar surface area (TPSA) is 98.9 Å². The maximum atomic E-state index is 11.3. The molecule has 8 heteroatoms. The highest BCUT2D eigenvalue weighted by molar-refractivity contribution is 6.78. The first kappa shape index (κ1) is 24.4. The van der Waals surface area contributed by atoms with Crippen LogP contribution in [0.1, 0.15) is 58.8 Å². The smallest absolute Gasteiger partial charge is 0.506 e. The van der Waals surface area contributed by atoms with Crippen molar-refractivity contribution < 1.29 is 24.0 Å². The molecule has 31 heavy (non-hydrogen) atoms. The van der Waals surface area contributed by atoms with Crippen molar-refractivity contribution in [1.82, 2.24) is 0 Å². The van der Waals surface area contributed by atoms with Crippen molar-refractivity contribution in [2.75, 3.05) is 0 Å². The van der Waals surface area contributed by atoms with Gasteiger partial charge in [0.25, 0.3) is 14.0 Å². The van der Waals surface area contributed by atoms with Gasteiger partial charge < -0.3 is 14.3 Å². The Hall–Kier alpha value is -2.87. The summed E-state index contributed by atoms with van der Waals surface area (Å²) in [5.41, 5.74) is 2.34. The maximum absolute atomic E-state index is 11.3. The number of ether oxygens (including phenoxy) is 1. The molecule has 0 amide bonds. The average Bonchev–Trinajstić information content (AvgIpc) is 2.70. The van der Waals surface area contributed by atoms with Crippen LogP contribution in [0.2, 0.25) is 16.6 Å². The highest BCUT2D eigenvalue weighted by Gasteiger charge is 2.47. The lowest BCUT2D eigenvalue weighted by molar-refractivity contribution is -0.384. The van der Waals surface area contributed by atoms with Crippen LogP contribution < -0.4 is 4.43 Å². The molecule has 0 fully saturated rings. The van der Waals surface area contributed by atoms with Crippen LogP contribution >= 0.6 is 0 Å². The summed E-state index contributed by atoms with van der Waals surface area (Å²) < 4.78 is 11.7. The van der Waals surface area contributed by atoms with Crippen LogP contribution in [-0.4, -0.2) is 24.5 Å². The van der Waals surface area contributed by atoms with Gasteiger partial charge in [-0.2, -0.15) is 0 Å². The number of rotatable bonds is 9. The van der Waals surface area contributed by atoms with Gasteiger partial charge in [-0.1, -0.05) is 53.7 Å². The van der Waals surface area contributed by atoms with E-state index in [1.54, 1.807) is 12.1 Å². The van der Waals surface area contributed by atoms with Gasteiger partial charge in [-0.25, -0.2) is 4.79 Å². The normalized spacial score (nSPS) is 12.8. The third-order valence-electron chi connectivity index (χ3n) is 5.81. The lowest BCUT2D eigenvalue weighted by Crippen LogP contribution is -2.50. The third-order valence-corrected chi connectivity index (χ3v) is 11.8. The van der Waals surface area contributed by atoms with Crippen LogP contribution in [0.4, 0.5) is 10.5 Å². The largest absolute Gasteiger partial charge is 0.543 e. The van der Waals surface area contributed by atoms with Gasteiger partial charge in [0.05, 0.1) is 4.92 Å². The van der Waals surface area contributed by atoms with Gasteiger partial charge in [0, 0.05) is 12.1 Å². The molecule has 1 atom stereocenters. The van der Waals surface area contributed by atoms with Gasteiger partial charge in [-0.05, 0) is 52.0 Å². The standard InChI is InChI=1S/C23H31NO6Si/c1-15(2)31(16(3)4,17(5)6)30-21-13-9-19(10-14-21)22(29-23(25)26)18-7-11-20(12-8-18)24(27)28/h7-17,22H,1-6H3,(H,25,26). The lowest BCUT2D eigenvalue weighted by Gasteiger charge is -2.42. The van der Waals surface area contributed by atoms with E-state index < -0.39 is 25.5 Å². The van der Waals surface area contributed by atoms with E-state index in [-0.39, 0.29) is 5.69 Å². The SMILES string of the molecule is CC(C)[Si](Oc1ccc(C(OC(=O)O)c2ccc([N+](=O)[O-])cc2)cc1)(C(C)C)C(C)C. The Morgan fingerprint density at radius 1 is 0.871 bits per heavy atom. The molecule has 0 aromatic heterocycles. The van der Waals surface area contributed by atoms with Crippen LogP contribution in [-0.2, 0) is 4.74 Å². The molecule has 2 rings (SSSR count). The van der Waals surface area contributed by atoms with Crippen LogP contribution in [0.15, 0.2) is 48.5 Å². The zero-order valence-electron chi connectivity index (χ0n) is 18.9. The van der Waals surface area contributed by atoms with Crippen molar-refractivity contribution in [2.45, 2.75) is 64.3 Å². The molecule has 168 valence electrons. The van der Waals surface area contributed by atoms with Crippen LogP contribution in [0, 0.1) is 10.1 Å². The van der Waals surface area contributed by atoms with E-state index in [2.05, 4.69) is 41.5 Å². The van der Waals surface area contributed by atoms with Crippen molar-refractivity contribution in [3.8, 4) is 5.75 Å². The Morgan fingerprint density at radius 3 is 1.65 bits per heavy atom. The zero-order chi connectivity index (χ0) is 23.3. The summed E-state index contributed by atoms with van der Waals surface area (Å²) >= 11 is 0. The Kier molecular flexibility index (Phi) is 7.84. The number of hydrogen-bond acceptors (Lipinski definition) is 5. The van der Waals surface area contributed by atoms with E-state index in [4.69, 9.17) is 9.16 Å². The highest BCUT2D eigenvalue weighted by Crippen LogP contribution is 2.43. The van der Waals surface area contributed by atoms with Crippen molar-refractivity contribution in [1.29, 1.82) is 0 Å². The first-order valence-electron chi connectivity index (χ1n) is 10.4. The zero-order valence-corrected chi connectivity index (χ0v) is 19.9. The fourth-order valence-electron chi connectivity index (χ4n) is 4.47. The molecule has 1 N–H and O–H groups in total. The summed E-state index contributed by atoms with van der Waals surface area (Å²) in [5.74, 6) is 0.754. The van der Waals surface area contributed by atoms with Gasteiger partial charge in [-0.15, -0.1) is 0 Å². The molecule has 7 nitrogen and oxygen atoms in total. The minimum Gasteiger partial charge on any atom is -0.543 e. The van der Waals surface area contributed by atoms with Crippen LogP contribution in [0.3, 0.4) is 0 Å². The van der Waals surface area contributed by atoms with Crippen molar-refractivity contribution in [3.63, 3.8) is 0 Å². The average molecular weight is 446 g/mol. The molecule has 2 aromatic rings. The molecule has 0 spiro atoms. The van der Waals surface area contributed by atoms with E-state index in [0.29, 0.717) is 27.8 Å². The van der Waals surface area contributed by atoms with Crippen molar-refractivity contribution in [3.05, 3.63) is 69.8 Å². The van der Waals surface area contributed by atoms with Gasteiger partial charge in [0.15, 0.2) is 6.10 Å². The second-order valence-corrected chi connectivity index (χ2v) is 14.0. The van der Waals surface area contributed by atoms with Gasteiger partial charge in [0.1, 0.15) is 5.75 Å². The fraction of sp³-hybridized carbons (Fsp3) is 0.435. The van der Waals surface area contributed by atoms with E-state index in [0.717, 1.165) is 5.75 Å². The first-order chi connectivity index (χ1) is 14.5. The summed E-state index contributed by atoms with van der Waals surface area (Å²) in [7, 11) is -2.11. The summed E-state index contributed by atoms with van der Waals surface area (Å²) in [5, 5.41) is 20.1. The monoisotopic (exact) mass is 445 g/mol. The predicted molar refractivity (Wildman–Crippen MR) is 122 cm³/mol. The molecule has 0 bridgehead atoms. The molecule has 0 aliphatic carbocycles. The molecule has 0 saturated heterocycles. The highest BCUT2D eigenvalue weighted by atomic mass is 28.4. The maximum Gasteiger partial charge on any atom is 0.506 e. The number of nitro benzene ring substituents is 1. The number of benzene rings is 2. The molecule has 0 saturated carbocycles. The first-order valence-corrected chi connectivity index (χ1v) is 12.6. The fourth-order valence-corrected chi connectivity index (χ4v) is 9.72. The number of carboxylic acid groups (broad SMARTS) is 1. The summed E-state index contributed by atoms with van der Waals surface area (Å²) in [6.07, 6.45) is -2.32. The van der Waals surface area contributed by atoms with E-state index >= 15 is 0 Å². The summed E-state index contributed by atoms with van der Waals surface area (Å²) in [4.78, 5) is 21.7. The Labute approximate surface area is 184 Å². The second-order valence-electron chi connectivity index (χ2n) is 8.60. The molecule has 1 unspecified atom stereocenters. The number of nitrogens with zero attached hydrogens (tertiary/aromatic N) is 1. The van der Waals surface area contributed by atoms with Crippen LogP contribution in [0.25, 0.3) is 0 Å². The molecule has 0 heterocycles. The van der Waals surface area contributed by atoms with E-state index in [1.165, 1.54) is 24.3 Å². The minimum atomic E-state index is -2.11. The second kappa shape index (κ2) is 9.96. The summed E-state index contributed by atoms with van der Waals surface area (Å²) in [6.45, 7) is 13.3. The number of nitro groups is 1. The predicted octanol–water partition coefficient (Wildman–Crippen LogP) is 6.93. The number of hydrogen-bond donors (Lipinski definition) is 1. The number of carbonyl (C=O) groups is 1. The minimum absolute atomic E-state index is 0.0704. The Balaban J connectivity index is 2.36. The van der Waals surface area contributed by atoms with Gasteiger partial charge in [-0.3, -0.25) is 10.1 Å². The molecular formula is C23H31NO6Si. The molecule has 2 aromatic carbocycles. The third kappa shape index (κ3) is 5.44. The van der Waals surface area contributed by atoms with Crippen molar-refractivity contribution >= 4 is 20.2 Å². The van der Waals surface area contributed by atoms with Crippen LogP contribution in [0.5, 0.6) is 5.75 Å². The summed E-state index contributed by atoms with van der Waals surface area (Å²) in [6, 6.07) is 12.9. The number of non-ortho nitro benzene ring substituents is 1. The quantitative estimate of drug-likeness (QED) is 0.194. The van der Waals surface area contributed by atoms with Crippen molar-refractivity contribution in [2.24, 2.45) is 0 Å². The van der Waals surface area contributed by atoms with Gasteiger partial charge in [0.2, 0.25) is 0 Å². The van der Waals surface area contributed by atoms with Gasteiger partial charge >= 0.3 is 6.16 Å². The van der Waals surface area contributed by atoms with E-state index in [9.17, 15) is 20.0 Å². The molecule has 0 radical (unpaired) electrons. The molecular weight excluding hydrogens is 414 g/mol. The molecule has 0 aliphatic heterocycles. The molecule has 0 aliphatic rings.